The third kappa shape index (κ3) is 3.19. The Bertz CT molecular complexity index is 864. The van der Waals surface area contributed by atoms with Crippen molar-refractivity contribution in [2.24, 2.45) is 5.84 Å². The largest absolute Gasteiger partial charge is 0.350 e. The number of rotatable bonds is 4. The predicted molar refractivity (Wildman–Crippen MR) is 90.3 cm³/mol. The number of halogens is 2. The molecule has 0 aliphatic carbocycles. The lowest BCUT2D eigenvalue weighted by Gasteiger charge is -2.05. The molecular weight excluding hydrogens is 337 g/mol. The number of H-pyrrole nitrogens is 1. The molecule has 2 aromatic carbocycles. The number of fused-ring (bicyclic) bond motifs is 1. The van der Waals surface area contributed by atoms with Gasteiger partial charge in [-0.1, -0.05) is 35.5 Å². The molecule has 1 heterocycles. The first-order valence-corrected chi connectivity index (χ1v) is 7.96. The summed E-state index contributed by atoms with van der Waals surface area (Å²) in [5.74, 6) is 4.84. The van der Waals surface area contributed by atoms with E-state index < -0.39 is 12.6 Å². The first kappa shape index (κ1) is 15.9. The van der Waals surface area contributed by atoms with Gasteiger partial charge >= 0.3 is 0 Å². The Kier molecular flexibility index (Phi) is 4.56. The number of aromatic nitrogens is 1. The summed E-state index contributed by atoms with van der Waals surface area (Å²) in [4.78, 5) is 16.7. The molecule has 4 N–H and O–H groups in total. The van der Waals surface area contributed by atoms with Crippen LogP contribution in [0.5, 0.6) is 0 Å². The molecule has 3 rings (SSSR count). The zero-order valence-corrected chi connectivity index (χ0v) is 13.5. The highest BCUT2D eigenvalue weighted by molar-refractivity contribution is 7.99. The molecule has 0 spiro atoms. The molecule has 0 aliphatic heterocycles. The van der Waals surface area contributed by atoms with Crippen LogP contribution in [0.1, 0.15) is 16.1 Å². The zero-order chi connectivity index (χ0) is 16.4. The van der Waals surface area contributed by atoms with Gasteiger partial charge in [0.1, 0.15) is 12.4 Å². The summed E-state index contributed by atoms with van der Waals surface area (Å²) >= 11 is 7.46. The van der Waals surface area contributed by atoms with E-state index in [0.29, 0.717) is 16.3 Å². The molecule has 1 amide bonds. The maximum absolute atomic E-state index is 12.6. The fraction of sp³-hybridized carbons (Fsp3) is 0.0625. The number of amides is 1. The summed E-state index contributed by atoms with van der Waals surface area (Å²) in [7, 11) is 0. The van der Waals surface area contributed by atoms with E-state index in [1.54, 1.807) is 30.3 Å². The molecule has 4 nitrogen and oxygen atoms in total. The number of nitrogens with one attached hydrogen (secondary N) is 2. The molecule has 0 bridgehead atoms. The van der Waals surface area contributed by atoms with Gasteiger partial charge in [-0.25, -0.2) is 10.2 Å². The van der Waals surface area contributed by atoms with Crippen molar-refractivity contribution in [2.75, 3.05) is 0 Å². The maximum atomic E-state index is 12.6. The Balaban J connectivity index is 2.09. The summed E-state index contributed by atoms with van der Waals surface area (Å²) in [6, 6.07) is 12.4. The first-order valence-electron chi connectivity index (χ1n) is 6.77. The van der Waals surface area contributed by atoms with Crippen LogP contribution >= 0.6 is 23.4 Å². The van der Waals surface area contributed by atoms with Crippen molar-refractivity contribution in [1.29, 1.82) is 0 Å². The van der Waals surface area contributed by atoms with Gasteiger partial charge in [-0.15, -0.1) is 0 Å². The van der Waals surface area contributed by atoms with Crippen molar-refractivity contribution < 1.29 is 9.18 Å². The minimum Gasteiger partial charge on any atom is -0.350 e. The standard InChI is InChI=1S/C16H13ClFN3OS/c17-10-3-6-13-12(7-10)15(14(20-13)16(22)21-19)23-11-4-1-9(8-18)2-5-11/h1-7,20H,8,19H2,(H,21,22). The molecule has 0 saturated carbocycles. The topological polar surface area (TPSA) is 70.9 Å². The zero-order valence-electron chi connectivity index (χ0n) is 11.9. The second kappa shape index (κ2) is 6.62. The lowest BCUT2D eigenvalue weighted by atomic mass is 10.2. The van der Waals surface area contributed by atoms with Crippen LogP contribution in [0.2, 0.25) is 5.02 Å². The Morgan fingerprint density at radius 1 is 1.26 bits per heavy atom. The van der Waals surface area contributed by atoms with Crippen molar-refractivity contribution in [2.45, 2.75) is 16.5 Å². The molecule has 0 radical (unpaired) electrons. The fourth-order valence-corrected chi connectivity index (χ4v) is 3.45. The van der Waals surface area contributed by atoms with Crippen molar-refractivity contribution in [1.82, 2.24) is 10.4 Å². The van der Waals surface area contributed by atoms with Crippen LogP contribution in [-0.4, -0.2) is 10.9 Å². The highest BCUT2D eigenvalue weighted by Crippen LogP contribution is 2.37. The molecule has 0 aliphatic rings. The van der Waals surface area contributed by atoms with Crippen LogP contribution in [-0.2, 0) is 6.67 Å². The number of carbonyl (C=O) groups is 1. The molecule has 3 aromatic rings. The molecule has 7 heteroatoms. The smallest absolute Gasteiger partial charge is 0.282 e. The van der Waals surface area contributed by atoms with E-state index in [1.165, 1.54) is 11.8 Å². The second-order valence-corrected chi connectivity index (χ2v) is 6.39. The van der Waals surface area contributed by atoms with Crippen LogP contribution in [0, 0.1) is 0 Å². The van der Waals surface area contributed by atoms with Gasteiger partial charge in [-0.2, -0.15) is 0 Å². The summed E-state index contributed by atoms with van der Waals surface area (Å²) in [6.07, 6.45) is 0. The van der Waals surface area contributed by atoms with Crippen LogP contribution in [0.25, 0.3) is 10.9 Å². The number of hydrogen-bond donors (Lipinski definition) is 3. The number of hydrazine groups is 1. The minimum atomic E-state index is -0.505. The van der Waals surface area contributed by atoms with Gasteiger partial charge in [0.15, 0.2) is 0 Å². The number of nitrogen functional groups attached to an aromatic ring is 1. The van der Waals surface area contributed by atoms with Crippen LogP contribution < -0.4 is 11.3 Å². The number of benzene rings is 2. The van der Waals surface area contributed by atoms with Gasteiger partial charge in [-0.3, -0.25) is 10.2 Å². The van der Waals surface area contributed by atoms with E-state index in [4.69, 9.17) is 17.4 Å². The molecular formula is C16H13ClFN3OS. The van der Waals surface area contributed by atoms with Crippen molar-refractivity contribution in [3.63, 3.8) is 0 Å². The first-order chi connectivity index (χ1) is 11.1. The van der Waals surface area contributed by atoms with Gasteiger partial charge in [0.05, 0.1) is 4.90 Å². The van der Waals surface area contributed by atoms with E-state index in [9.17, 15) is 9.18 Å². The number of nitrogens with two attached hydrogens (primary N) is 1. The Labute approximate surface area is 141 Å². The number of aromatic amines is 1. The Morgan fingerprint density at radius 2 is 2.00 bits per heavy atom. The minimum absolute atomic E-state index is 0.365. The molecule has 0 atom stereocenters. The average molecular weight is 350 g/mol. The van der Waals surface area contributed by atoms with Gasteiger partial charge in [0.2, 0.25) is 0 Å². The molecule has 118 valence electrons. The highest BCUT2D eigenvalue weighted by Gasteiger charge is 2.18. The lowest BCUT2D eigenvalue weighted by Crippen LogP contribution is -2.30. The Hall–Kier alpha value is -2.02. The summed E-state index contributed by atoms with van der Waals surface area (Å²) in [5.41, 5.74) is 3.90. The summed E-state index contributed by atoms with van der Waals surface area (Å²) in [5, 5.41) is 1.40. The number of hydrogen-bond acceptors (Lipinski definition) is 3. The predicted octanol–water partition coefficient (Wildman–Crippen LogP) is 4.05. The van der Waals surface area contributed by atoms with Crippen LogP contribution in [0.15, 0.2) is 52.3 Å². The van der Waals surface area contributed by atoms with Crippen molar-refractivity contribution in [3.05, 3.63) is 58.7 Å². The van der Waals surface area contributed by atoms with Crippen LogP contribution in [0.4, 0.5) is 4.39 Å². The third-order valence-corrected chi connectivity index (χ3v) is 4.74. The molecule has 1 aromatic heterocycles. The summed E-state index contributed by atoms with van der Waals surface area (Å²) < 4.78 is 12.6. The fourth-order valence-electron chi connectivity index (χ4n) is 2.24. The monoisotopic (exact) mass is 349 g/mol. The van der Waals surface area contributed by atoms with E-state index in [-0.39, 0.29) is 0 Å². The van der Waals surface area contributed by atoms with E-state index in [0.717, 1.165) is 20.7 Å². The summed E-state index contributed by atoms with van der Waals surface area (Å²) in [6.45, 7) is -0.505. The SMILES string of the molecule is NNC(=O)c1[nH]c2ccc(Cl)cc2c1Sc1ccc(CF)cc1. The molecule has 0 fully saturated rings. The average Bonchev–Trinajstić information content (AvgIpc) is 2.93. The Morgan fingerprint density at radius 3 is 2.65 bits per heavy atom. The normalized spacial score (nSPS) is 10.9. The quantitative estimate of drug-likeness (QED) is 0.378. The highest BCUT2D eigenvalue weighted by atomic mass is 35.5. The van der Waals surface area contributed by atoms with E-state index >= 15 is 0 Å². The molecule has 0 saturated heterocycles. The number of alkyl halides is 1. The van der Waals surface area contributed by atoms with Gasteiger partial charge in [0.25, 0.3) is 5.91 Å². The van der Waals surface area contributed by atoms with E-state index in [1.807, 2.05) is 12.1 Å². The molecule has 23 heavy (non-hydrogen) atoms. The van der Waals surface area contributed by atoms with Crippen molar-refractivity contribution >= 4 is 40.2 Å². The van der Waals surface area contributed by atoms with E-state index in [2.05, 4.69) is 10.4 Å². The van der Waals surface area contributed by atoms with Gasteiger partial charge in [0, 0.05) is 20.8 Å². The molecule has 0 unspecified atom stereocenters. The van der Waals surface area contributed by atoms with Crippen molar-refractivity contribution in [3.8, 4) is 0 Å². The van der Waals surface area contributed by atoms with Gasteiger partial charge < -0.3 is 4.98 Å². The third-order valence-electron chi connectivity index (χ3n) is 3.37. The second-order valence-electron chi connectivity index (χ2n) is 4.87. The lowest BCUT2D eigenvalue weighted by molar-refractivity contribution is 0.0946. The number of carbonyl (C=O) groups excluding carboxylic acids is 1. The maximum Gasteiger partial charge on any atom is 0.282 e. The van der Waals surface area contributed by atoms with Crippen LogP contribution in [0.3, 0.4) is 0 Å². The van der Waals surface area contributed by atoms with Gasteiger partial charge in [-0.05, 0) is 35.9 Å².